The van der Waals surface area contributed by atoms with Crippen molar-refractivity contribution < 1.29 is 4.79 Å². The van der Waals surface area contributed by atoms with E-state index in [1.807, 2.05) is 11.8 Å². The van der Waals surface area contributed by atoms with Gasteiger partial charge in [0.25, 0.3) is 0 Å². The van der Waals surface area contributed by atoms with E-state index in [9.17, 15) is 4.79 Å². The van der Waals surface area contributed by atoms with Crippen molar-refractivity contribution in [1.29, 1.82) is 0 Å². The molecule has 1 saturated heterocycles. The standard InChI is InChI=1S/C20H26N4O/c1-14-5-7-18(8-6-14)13-19-15(2)21-16(3)22-20(19)24-11-9-23(10-12-24)17(4)25/h5-8H,9-13H2,1-4H3. The molecule has 0 saturated carbocycles. The van der Waals surface area contributed by atoms with Gasteiger partial charge in [-0.2, -0.15) is 0 Å². The van der Waals surface area contributed by atoms with Crippen molar-refractivity contribution in [3.05, 3.63) is 52.5 Å². The van der Waals surface area contributed by atoms with E-state index in [-0.39, 0.29) is 5.91 Å². The van der Waals surface area contributed by atoms with Crippen molar-refractivity contribution in [2.75, 3.05) is 31.1 Å². The van der Waals surface area contributed by atoms with E-state index < -0.39 is 0 Å². The predicted molar refractivity (Wildman–Crippen MR) is 100.0 cm³/mol. The van der Waals surface area contributed by atoms with Crippen molar-refractivity contribution in [2.45, 2.75) is 34.1 Å². The molecule has 1 fully saturated rings. The van der Waals surface area contributed by atoms with Crippen LogP contribution in [0, 0.1) is 20.8 Å². The highest BCUT2D eigenvalue weighted by Gasteiger charge is 2.23. The first-order valence-electron chi connectivity index (χ1n) is 8.84. The highest BCUT2D eigenvalue weighted by Crippen LogP contribution is 2.25. The first-order chi connectivity index (χ1) is 11.9. The number of piperazine rings is 1. The Morgan fingerprint density at radius 1 is 1.00 bits per heavy atom. The summed E-state index contributed by atoms with van der Waals surface area (Å²) in [6.07, 6.45) is 0.828. The molecule has 3 rings (SSSR count). The Kier molecular flexibility index (Phi) is 5.02. The molecule has 5 heteroatoms. The van der Waals surface area contributed by atoms with Crippen LogP contribution in [0.25, 0.3) is 0 Å². The lowest BCUT2D eigenvalue weighted by Crippen LogP contribution is -2.48. The molecule has 0 bridgehead atoms. The third-order valence-electron chi connectivity index (χ3n) is 4.83. The number of anilines is 1. The smallest absolute Gasteiger partial charge is 0.219 e. The number of aryl methyl sites for hydroxylation is 3. The Morgan fingerprint density at radius 2 is 1.64 bits per heavy atom. The van der Waals surface area contributed by atoms with E-state index in [1.165, 1.54) is 16.7 Å². The fourth-order valence-electron chi connectivity index (χ4n) is 3.33. The van der Waals surface area contributed by atoms with Gasteiger partial charge in [-0.25, -0.2) is 9.97 Å². The summed E-state index contributed by atoms with van der Waals surface area (Å²) in [6, 6.07) is 8.63. The van der Waals surface area contributed by atoms with E-state index in [1.54, 1.807) is 6.92 Å². The second-order valence-electron chi connectivity index (χ2n) is 6.81. The molecule has 0 atom stereocenters. The Hall–Kier alpha value is -2.43. The maximum atomic E-state index is 11.6. The summed E-state index contributed by atoms with van der Waals surface area (Å²) in [7, 11) is 0. The minimum absolute atomic E-state index is 0.148. The molecule has 1 aliphatic heterocycles. The summed E-state index contributed by atoms with van der Waals surface area (Å²) in [6.45, 7) is 10.9. The number of amides is 1. The summed E-state index contributed by atoms with van der Waals surface area (Å²) >= 11 is 0. The largest absolute Gasteiger partial charge is 0.353 e. The number of rotatable bonds is 3. The van der Waals surface area contributed by atoms with E-state index in [0.717, 1.165) is 49.9 Å². The summed E-state index contributed by atoms with van der Waals surface area (Å²) in [5.74, 6) is 1.97. The molecule has 1 aliphatic rings. The minimum Gasteiger partial charge on any atom is -0.353 e. The zero-order valence-electron chi connectivity index (χ0n) is 15.5. The van der Waals surface area contributed by atoms with Crippen LogP contribution < -0.4 is 4.90 Å². The molecule has 2 aromatic rings. The van der Waals surface area contributed by atoms with Crippen LogP contribution in [0.3, 0.4) is 0 Å². The SMILES string of the molecule is CC(=O)N1CCN(c2nc(C)nc(C)c2Cc2ccc(C)cc2)CC1. The van der Waals surface area contributed by atoms with Crippen LogP contribution >= 0.6 is 0 Å². The Balaban J connectivity index is 1.88. The number of hydrogen-bond donors (Lipinski definition) is 0. The van der Waals surface area contributed by atoms with Crippen molar-refractivity contribution in [2.24, 2.45) is 0 Å². The molecular weight excluding hydrogens is 312 g/mol. The lowest BCUT2D eigenvalue weighted by Gasteiger charge is -2.36. The lowest BCUT2D eigenvalue weighted by atomic mass is 10.0. The van der Waals surface area contributed by atoms with Crippen LogP contribution in [0.2, 0.25) is 0 Å². The zero-order chi connectivity index (χ0) is 18.0. The van der Waals surface area contributed by atoms with Gasteiger partial charge in [-0.3, -0.25) is 4.79 Å². The monoisotopic (exact) mass is 338 g/mol. The van der Waals surface area contributed by atoms with E-state index >= 15 is 0 Å². The molecule has 0 N–H and O–H groups in total. The second kappa shape index (κ2) is 7.21. The van der Waals surface area contributed by atoms with Gasteiger partial charge in [0.1, 0.15) is 11.6 Å². The number of carbonyl (C=O) groups excluding carboxylic acids is 1. The number of benzene rings is 1. The molecule has 0 aliphatic carbocycles. The zero-order valence-corrected chi connectivity index (χ0v) is 15.5. The highest BCUT2D eigenvalue weighted by molar-refractivity contribution is 5.73. The number of aromatic nitrogens is 2. The second-order valence-corrected chi connectivity index (χ2v) is 6.81. The summed E-state index contributed by atoms with van der Waals surface area (Å²) < 4.78 is 0. The summed E-state index contributed by atoms with van der Waals surface area (Å²) in [4.78, 5) is 25.1. The van der Waals surface area contributed by atoms with Crippen LogP contribution in [0.1, 0.15) is 35.1 Å². The Bertz CT molecular complexity index is 762. The van der Waals surface area contributed by atoms with Crippen LogP contribution in [0.15, 0.2) is 24.3 Å². The molecule has 5 nitrogen and oxygen atoms in total. The predicted octanol–water partition coefficient (Wildman–Crippen LogP) is 2.66. The van der Waals surface area contributed by atoms with Gasteiger partial charge >= 0.3 is 0 Å². The Morgan fingerprint density at radius 3 is 2.24 bits per heavy atom. The van der Waals surface area contributed by atoms with Gasteiger partial charge in [0.2, 0.25) is 5.91 Å². The maximum absolute atomic E-state index is 11.6. The van der Waals surface area contributed by atoms with Crippen molar-refractivity contribution in [3.63, 3.8) is 0 Å². The van der Waals surface area contributed by atoms with Crippen molar-refractivity contribution >= 4 is 11.7 Å². The normalized spacial score (nSPS) is 14.7. The molecular formula is C20H26N4O. The number of hydrogen-bond acceptors (Lipinski definition) is 4. The molecule has 25 heavy (non-hydrogen) atoms. The molecule has 0 spiro atoms. The third-order valence-corrected chi connectivity index (χ3v) is 4.83. The molecule has 132 valence electrons. The quantitative estimate of drug-likeness (QED) is 0.863. The van der Waals surface area contributed by atoms with Gasteiger partial charge in [0, 0.05) is 50.8 Å². The van der Waals surface area contributed by atoms with E-state index in [0.29, 0.717) is 0 Å². The average Bonchev–Trinajstić information content (AvgIpc) is 2.59. The highest BCUT2D eigenvalue weighted by atomic mass is 16.2. The maximum Gasteiger partial charge on any atom is 0.219 e. The van der Waals surface area contributed by atoms with Crippen LogP contribution in [-0.4, -0.2) is 47.0 Å². The molecule has 1 amide bonds. The topological polar surface area (TPSA) is 49.3 Å². The van der Waals surface area contributed by atoms with E-state index in [2.05, 4.69) is 48.0 Å². The van der Waals surface area contributed by atoms with Gasteiger partial charge in [0.05, 0.1) is 0 Å². The van der Waals surface area contributed by atoms with Crippen LogP contribution in [-0.2, 0) is 11.2 Å². The van der Waals surface area contributed by atoms with Gasteiger partial charge < -0.3 is 9.80 Å². The van der Waals surface area contributed by atoms with Crippen molar-refractivity contribution in [1.82, 2.24) is 14.9 Å². The summed E-state index contributed by atoms with van der Waals surface area (Å²) in [5.41, 5.74) is 4.76. The fourth-order valence-corrected chi connectivity index (χ4v) is 3.33. The van der Waals surface area contributed by atoms with Crippen molar-refractivity contribution in [3.8, 4) is 0 Å². The number of carbonyl (C=O) groups is 1. The van der Waals surface area contributed by atoms with Gasteiger partial charge in [0.15, 0.2) is 0 Å². The van der Waals surface area contributed by atoms with Gasteiger partial charge in [-0.15, -0.1) is 0 Å². The molecule has 0 radical (unpaired) electrons. The third kappa shape index (κ3) is 3.98. The number of nitrogens with zero attached hydrogens (tertiary/aromatic N) is 4. The van der Waals surface area contributed by atoms with Gasteiger partial charge in [-0.1, -0.05) is 29.8 Å². The molecule has 0 unspecified atom stereocenters. The Labute approximate surface area is 149 Å². The van der Waals surface area contributed by atoms with Crippen LogP contribution in [0.5, 0.6) is 0 Å². The first kappa shape index (κ1) is 17.4. The van der Waals surface area contributed by atoms with Gasteiger partial charge in [-0.05, 0) is 26.3 Å². The molecule has 1 aromatic heterocycles. The molecule has 2 heterocycles. The molecule has 1 aromatic carbocycles. The lowest BCUT2D eigenvalue weighted by molar-refractivity contribution is -0.129. The minimum atomic E-state index is 0.148. The van der Waals surface area contributed by atoms with Crippen LogP contribution in [0.4, 0.5) is 5.82 Å². The van der Waals surface area contributed by atoms with E-state index in [4.69, 9.17) is 4.98 Å². The fraction of sp³-hybridized carbons (Fsp3) is 0.450. The average molecular weight is 338 g/mol. The summed E-state index contributed by atoms with van der Waals surface area (Å²) in [5, 5.41) is 0. The first-order valence-corrected chi connectivity index (χ1v) is 8.84.